The Labute approximate surface area is 103 Å². The molecule has 96 valence electrons. The van der Waals surface area contributed by atoms with Gasteiger partial charge in [-0.1, -0.05) is 0 Å². The Balaban J connectivity index is 1.55. The first-order chi connectivity index (χ1) is 8.29. The first-order valence-corrected chi connectivity index (χ1v) is 6.95. The van der Waals surface area contributed by atoms with Gasteiger partial charge in [-0.05, 0) is 45.1 Å². The molecule has 3 fully saturated rings. The van der Waals surface area contributed by atoms with Gasteiger partial charge in [-0.15, -0.1) is 0 Å². The summed E-state index contributed by atoms with van der Waals surface area (Å²) in [5.74, 6) is 0.232. The van der Waals surface area contributed by atoms with Crippen LogP contribution in [-0.2, 0) is 9.53 Å². The summed E-state index contributed by atoms with van der Waals surface area (Å²) in [7, 11) is 0. The van der Waals surface area contributed by atoms with Crippen LogP contribution in [0.15, 0.2) is 0 Å². The summed E-state index contributed by atoms with van der Waals surface area (Å²) in [6.45, 7) is 3.73. The van der Waals surface area contributed by atoms with Crippen LogP contribution in [0.3, 0.4) is 0 Å². The van der Waals surface area contributed by atoms with Gasteiger partial charge in [-0.2, -0.15) is 0 Å². The monoisotopic (exact) mass is 238 g/mol. The van der Waals surface area contributed by atoms with Gasteiger partial charge in [0.05, 0.1) is 0 Å². The quantitative estimate of drug-likeness (QED) is 0.738. The average molecular weight is 238 g/mol. The van der Waals surface area contributed by atoms with Crippen LogP contribution in [0.5, 0.6) is 0 Å². The second kappa shape index (κ2) is 4.58. The van der Waals surface area contributed by atoms with Gasteiger partial charge in [0, 0.05) is 25.2 Å². The fourth-order valence-electron chi connectivity index (χ4n) is 3.43. The lowest BCUT2D eigenvalue weighted by Crippen LogP contribution is -2.53. The fourth-order valence-corrected chi connectivity index (χ4v) is 3.43. The van der Waals surface area contributed by atoms with Crippen LogP contribution in [-0.4, -0.2) is 48.7 Å². The Morgan fingerprint density at radius 3 is 2.65 bits per heavy atom. The topological polar surface area (TPSA) is 41.6 Å². The Hall–Kier alpha value is -0.610. The highest BCUT2D eigenvalue weighted by Crippen LogP contribution is 2.31. The number of amides is 1. The van der Waals surface area contributed by atoms with E-state index in [0.717, 1.165) is 51.9 Å². The summed E-state index contributed by atoms with van der Waals surface area (Å²) in [6, 6.07) is 0. The second-order valence-corrected chi connectivity index (χ2v) is 5.64. The van der Waals surface area contributed by atoms with Gasteiger partial charge in [0.25, 0.3) is 5.91 Å². The molecule has 4 nitrogen and oxygen atoms in total. The molecule has 3 aliphatic heterocycles. The van der Waals surface area contributed by atoms with Crippen molar-refractivity contribution in [3.05, 3.63) is 0 Å². The van der Waals surface area contributed by atoms with E-state index >= 15 is 0 Å². The molecule has 1 atom stereocenters. The molecule has 1 spiro atoms. The molecule has 1 N–H and O–H groups in total. The maximum atomic E-state index is 12.2. The zero-order valence-electron chi connectivity index (χ0n) is 10.4. The molecular formula is C13H22N2O2. The Bertz CT molecular complexity index is 284. The predicted octanol–water partition coefficient (Wildman–Crippen LogP) is 0.910. The lowest BCUT2D eigenvalue weighted by Gasteiger charge is -2.40. The lowest BCUT2D eigenvalue weighted by molar-refractivity contribution is -0.142. The van der Waals surface area contributed by atoms with Crippen LogP contribution >= 0.6 is 0 Å². The molecule has 1 unspecified atom stereocenters. The van der Waals surface area contributed by atoms with Crippen LogP contribution in [0, 0.1) is 0 Å². The third-order valence-corrected chi connectivity index (χ3v) is 4.57. The molecule has 17 heavy (non-hydrogen) atoms. The van der Waals surface area contributed by atoms with Gasteiger partial charge in [0.2, 0.25) is 0 Å². The number of ether oxygens (including phenoxy) is 1. The van der Waals surface area contributed by atoms with E-state index in [4.69, 9.17) is 4.74 Å². The lowest BCUT2D eigenvalue weighted by atomic mass is 9.86. The van der Waals surface area contributed by atoms with Crippen LogP contribution in [0.25, 0.3) is 0 Å². The average Bonchev–Trinajstić information content (AvgIpc) is 3.01. The first-order valence-electron chi connectivity index (χ1n) is 6.95. The maximum Gasteiger partial charge on any atom is 0.251 e. The van der Waals surface area contributed by atoms with Gasteiger partial charge in [0.15, 0.2) is 0 Å². The van der Waals surface area contributed by atoms with Gasteiger partial charge < -0.3 is 15.0 Å². The SMILES string of the molecule is O=C(C1CCCO1)N1CCC2(CCCN2)CC1. The molecule has 0 aromatic carbocycles. The predicted molar refractivity (Wildman–Crippen MR) is 64.8 cm³/mol. The highest BCUT2D eigenvalue weighted by Gasteiger charge is 2.39. The van der Waals surface area contributed by atoms with Crippen molar-refractivity contribution < 1.29 is 9.53 Å². The number of hydrogen-bond donors (Lipinski definition) is 1. The zero-order chi connectivity index (χ0) is 11.7. The third kappa shape index (κ3) is 2.20. The molecule has 3 heterocycles. The summed E-state index contributed by atoms with van der Waals surface area (Å²) in [4.78, 5) is 14.2. The number of piperidine rings is 1. The first kappa shape index (κ1) is 11.5. The molecule has 1 amide bonds. The second-order valence-electron chi connectivity index (χ2n) is 5.64. The van der Waals surface area contributed by atoms with Crippen molar-refractivity contribution in [3.8, 4) is 0 Å². The molecule has 3 aliphatic rings. The molecule has 0 aliphatic carbocycles. The summed E-state index contributed by atoms with van der Waals surface area (Å²) in [5.41, 5.74) is 0.354. The van der Waals surface area contributed by atoms with Crippen molar-refractivity contribution in [2.75, 3.05) is 26.2 Å². The van der Waals surface area contributed by atoms with Crippen molar-refractivity contribution in [2.24, 2.45) is 0 Å². The highest BCUT2D eigenvalue weighted by molar-refractivity contribution is 5.81. The molecular weight excluding hydrogens is 216 g/mol. The number of nitrogens with zero attached hydrogens (tertiary/aromatic N) is 1. The molecule has 0 aromatic rings. The normalized spacial score (nSPS) is 32.2. The zero-order valence-corrected chi connectivity index (χ0v) is 10.4. The minimum absolute atomic E-state index is 0.138. The van der Waals surface area contributed by atoms with Crippen LogP contribution in [0.4, 0.5) is 0 Å². The van der Waals surface area contributed by atoms with Crippen LogP contribution < -0.4 is 5.32 Å². The number of carbonyl (C=O) groups excluding carboxylic acids is 1. The highest BCUT2D eigenvalue weighted by atomic mass is 16.5. The van der Waals surface area contributed by atoms with E-state index < -0.39 is 0 Å². The van der Waals surface area contributed by atoms with Crippen molar-refractivity contribution in [3.63, 3.8) is 0 Å². The van der Waals surface area contributed by atoms with Crippen molar-refractivity contribution in [1.82, 2.24) is 10.2 Å². The van der Waals surface area contributed by atoms with E-state index in [1.54, 1.807) is 0 Å². The van der Waals surface area contributed by atoms with Crippen molar-refractivity contribution in [2.45, 2.75) is 50.2 Å². The van der Waals surface area contributed by atoms with Crippen LogP contribution in [0.2, 0.25) is 0 Å². The summed E-state index contributed by atoms with van der Waals surface area (Å²) in [5, 5.41) is 3.63. The van der Waals surface area contributed by atoms with E-state index in [0.29, 0.717) is 5.54 Å². The molecule has 0 bridgehead atoms. The van der Waals surface area contributed by atoms with Gasteiger partial charge >= 0.3 is 0 Å². The number of likely N-dealkylation sites (tertiary alicyclic amines) is 1. The van der Waals surface area contributed by atoms with E-state index in [9.17, 15) is 4.79 Å². The van der Waals surface area contributed by atoms with E-state index in [-0.39, 0.29) is 12.0 Å². The molecule has 0 radical (unpaired) electrons. The Kier molecular flexibility index (Phi) is 3.09. The van der Waals surface area contributed by atoms with Crippen molar-refractivity contribution in [1.29, 1.82) is 0 Å². The van der Waals surface area contributed by atoms with Crippen molar-refractivity contribution >= 4 is 5.91 Å². The number of hydrogen-bond acceptors (Lipinski definition) is 3. The van der Waals surface area contributed by atoms with E-state index in [2.05, 4.69) is 5.32 Å². The standard InChI is InChI=1S/C13H22N2O2/c16-12(11-3-1-10-17-11)15-8-5-13(6-9-15)4-2-7-14-13/h11,14H,1-10H2. The fraction of sp³-hybridized carbons (Fsp3) is 0.923. The number of carbonyl (C=O) groups is 1. The van der Waals surface area contributed by atoms with E-state index in [1.807, 2.05) is 4.90 Å². The Morgan fingerprint density at radius 2 is 2.06 bits per heavy atom. The summed E-state index contributed by atoms with van der Waals surface area (Å²) >= 11 is 0. The van der Waals surface area contributed by atoms with E-state index in [1.165, 1.54) is 12.8 Å². The molecule has 3 saturated heterocycles. The maximum absolute atomic E-state index is 12.2. The summed E-state index contributed by atoms with van der Waals surface area (Å²) in [6.07, 6.45) is 6.63. The molecule has 0 saturated carbocycles. The number of rotatable bonds is 1. The number of nitrogens with one attached hydrogen (secondary N) is 1. The molecule has 0 aromatic heterocycles. The van der Waals surface area contributed by atoms with Gasteiger partial charge in [-0.3, -0.25) is 4.79 Å². The molecule has 4 heteroatoms. The van der Waals surface area contributed by atoms with Crippen LogP contribution in [0.1, 0.15) is 38.5 Å². The Morgan fingerprint density at radius 1 is 1.24 bits per heavy atom. The summed E-state index contributed by atoms with van der Waals surface area (Å²) < 4.78 is 5.48. The minimum Gasteiger partial charge on any atom is -0.368 e. The molecule has 3 rings (SSSR count). The van der Waals surface area contributed by atoms with Gasteiger partial charge in [0.1, 0.15) is 6.10 Å². The smallest absolute Gasteiger partial charge is 0.251 e. The largest absolute Gasteiger partial charge is 0.368 e. The third-order valence-electron chi connectivity index (χ3n) is 4.57. The minimum atomic E-state index is -0.138. The van der Waals surface area contributed by atoms with Gasteiger partial charge in [-0.25, -0.2) is 0 Å².